The van der Waals surface area contributed by atoms with Gasteiger partial charge in [-0.25, -0.2) is 0 Å². The topological polar surface area (TPSA) is 32.3 Å². The molecule has 2 aliphatic rings. The van der Waals surface area contributed by atoms with Crippen molar-refractivity contribution in [2.24, 2.45) is 0 Å². The van der Waals surface area contributed by atoms with Gasteiger partial charge in [-0.15, -0.1) is 0 Å². The van der Waals surface area contributed by atoms with Crippen LogP contribution < -0.4 is 5.32 Å². The third kappa shape index (κ3) is 4.60. The Morgan fingerprint density at radius 2 is 1.78 bits per heavy atom. The maximum atomic E-state index is 11.5. The van der Waals surface area contributed by atoms with Gasteiger partial charge in [0.25, 0.3) is 0 Å². The number of nitrogens with zero attached hydrogens (tertiary/aromatic N) is 1. The molecule has 2 fully saturated rings. The van der Waals surface area contributed by atoms with Gasteiger partial charge in [-0.1, -0.05) is 32.1 Å². The summed E-state index contributed by atoms with van der Waals surface area (Å²) >= 11 is 0. The van der Waals surface area contributed by atoms with Gasteiger partial charge < -0.3 is 10.2 Å². The molecule has 2 rings (SSSR count). The standard InChI is InChI=1S/C15H28N2O/c18-15-10-6-12-17(15)13-7-11-16-14-8-4-2-1-3-5-9-14/h14,16H,1-13H2. The van der Waals surface area contributed by atoms with E-state index in [9.17, 15) is 4.79 Å². The maximum Gasteiger partial charge on any atom is 0.222 e. The van der Waals surface area contributed by atoms with Crippen LogP contribution in [-0.4, -0.2) is 36.5 Å². The molecule has 0 spiro atoms. The zero-order chi connectivity index (χ0) is 12.6. The molecule has 104 valence electrons. The Labute approximate surface area is 111 Å². The number of likely N-dealkylation sites (tertiary alicyclic amines) is 1. The van der Waals surface area contributed by atoms with Crippen LogP contribution in [0.15, 0.2) is 0 Å². The average molecular weight is 252 g/mol. The van der Waals surface area contributed by atoms with Crippen molar-refractivity contribution in [2.45, 2.75) is 70.3 Å². The van der Waals surface area contributed by atoms with E-state index in [1.54, 1.807) is 0 Å². The van der Waals surface area contributed by atoms with E-state index in [4.69, 9.17) is 0 Å². The van der Waals surface area contributed by atoms with Crippen molar-refractivity contribution in [3.05, 3.63) is 0 Å². The molecule has 3 nitrogen and oxygen atoms in total. The SMILES string of the molecule is O=C1CCCN1CCCNC1CCCCCCC1. The normalized spacial score (nSPS) is 23.1. The lowest BCUT2D eigenvalue weighted by Gasteiger charge is -2.22. The van der Waals surface area contributed by atoms with Crippen molar-refractivity contribution in [3.8, 4) is 0 Å². The summed E-state index contributed by atoms with van der Waals surface area (Å²) in [5, 5.41) is 3.69. The van der Waals surface area contributed by atoms with Crippen LogP contribution in [0.4, 0.5) is 0 Å². The van der Waals surface area contributed by atoms with Gasteiger partial charge >= 0.3 is 0 Å². The van der Waals surface area contributed by atoms with E-state index in [2.05, 4.69) is 5.32 Å². The van der Waals surface area contributed by atoms with Crippen molar-refractivity contribution >= 4 is 5.91 Å². The number of hydrogen-bond acceptors (Lipinski definition) is 2. The van der Waals surface area contributed by atoms with Crippen molar-refractivity contribution < 1.29 is 4.79 Å². The molecule has 18 heavy (non-hydrogen) atoms. The summed E-state index contributed by atoms with van der Waals surface area (Å²) < 4.78 is 0. The lowest BCUT2D eigenvalue weighted by atomic mass is 9.97. The molecule has 1 N–H and O–H groups in total. The van der Waals surface area contributed by atoms with Gasteiger partial charge in [0.1, 0.15) is 0 Å². The van der Waals surface area contributed by atoms with Crippen LogP contribution in [0.1, 0.15) is 64.2 Å². The van der Waals surface area contributed by atoms with E-state index in [1.807, 2.05) is 4.90 Å². The Kier molecular flexibility index (Phi) is 5.98. The monoisotopic (exact) mass is 252 g/mol. The smallest absolute Gasteiger partial charge is 0.222 e. The van der Waals surface area contributed by atoms with Crippen LogP contribution in [0.2, 0.25) is 0 Å². The Morgan fingerprint density at radius 1 is 1.06 bits per heavy atom. The predicted molar refractivity (Wildman–Crippen MR) is 74.5 cm³/mol. The lowest BCUT2D eigenvalue weighted by Crippen LogP contribution is -2.33. The fourth-order valence-electron chi connectivity index (χ4n) is 3.18. The van der Waals surface area contributed by atoms with Gasteiger partial charge in [0.15, 0.2) is 0 Å². The van der Waals surface area contributed by atoms with E-state index >= 15 is 0 Å². The van der Waals surface area contributed by atoms with E-state index in [0.29, 0.717) is 5.91 Å². The molecule has 0 aromatic heterocycles. The number of nitrogens with one attached hydrogen (secondary N) is 1. The summed E-state index contributed by atoms with van der Waals surface area (Å²) in [7, 11) is 0. The van der Waals surface area contributed by atoms with E-state index < -0.39 is 0 Å². The second-order valence-corrected chi connectivity index (χ2v) is 5.83. The third-order valence-electron chi connectivity index (χ3n) is 4.31. The summed E-state index contributed by atoms with van der Waals surface area (Å²) in [5.41, 5.74) is 0. The molecular formula is C15H28N2O. The van der Waals surface area contributed by atoms with Crippen LogP contribution in [0.25, 0.3) is 0 Å². The van der Waals surface area contributed by atoms with E-state index in [1.165, 1.54) is 44.9 Å². The molecule has 0 aromatic rings. The number of hydrogen-bond donors (Lipinski definition) is 1. The number of rotatable bonds is 5. The van der Waals surface area contributed by atoms with Crippen molar-refractivity contribution in [1.29, 1.82) is 0 Å². The summed E-state index contributed by atoms with van der Waals surface area (Å²) in [6.45, 7) is 3.02. The first-order valence-electron chi connectivity index (χ1n) is 7.87. The number of carbonyl (C=O) groups is 1. The molecule has 0 radical (unpaired) electrons. The first kappa shape index (κ1) is 13.9. The summed E-state index contributed by atoms with van der Waals surface area (Å²) in [6.07, 6.45) is 12.7. The Balaban J connectivity index is 1.55. The number of carbonyl (C=O) groups excluding carboxylic acids is 1. The number of amides is 1. The van der Waals surface area contributed by atoms with Crippen LogP contribution in [0.5, 0.6) is 0 Å². The molecule has 1 aliphatic heterocycles. The summed E-state index contributed by atoms with van der Waals surface area (Å²) in [4.78, 5) is 13.5. The first-order chi connectivity index (χ1) is 8.86. The third-order valence-corrected chi connectivity index (χ3v) is 4.31. The highest BCUT2D eigenvalue weighted by molar-refractivity contribution is 5.77. The molecule has 3 heteroatoms. The quantitative estimate of drug-likeness (QED) is 0.763. The maximum absolute atomic E-state index is 11.5. The molecule has 1 saturated heterocycles. The Bertz CT molecular complexity index is 247. The van der Waals surface area contributed by atoms with Gasteiger partial charge in [0.05, 0.1) is 0 Å². The first-order valence-corrected chi connectivity index (χ1v) is 7.87. The largest absolute Gasteiger partial charge is 0.343 e. The zero-order valence-electron chi connectivity index (χ0n) is 11.6. The van der Waals surface area contributed by atoms with Gasteiger partial charge in [0.2, 0.25) is 5.91 Å². The lowest BCUT2D eigenvalue weighted by molar-refractivity contribution is -0.127. The molecule has 1 amide bonds. The van der Waals surface area contributed by atoms with Crippen LogP contribution in [-0.2, 0) is 4.79 Å². The minimum atomic E-state index is 0.362. The Morgan fingerprint density at radius 3 is 2.44 bits per heavy atom. The highest BCUT2D eigenvalue weighted by atomic mass is 16.2. The fraction of sp³-hybridized carbons (Fsp3) is 0.933. The second-order valence-electron chi connectivity index (χ2n) is 5.83. The molecule has 1 aliphatic carbocycles. The predicted octanol–water partition coefficient (Wildman–Crippen LogP) is 2.70. The minimum absolute atomic E-state index is 0.362. The van der Waals surface area contributed by atoms with Gasteiger partial charge in [-0.05, 0) is 32.2 Å². The van der Waals surface area contributed by atoms with Gasteiger partial charge in [-0.3, -0.25) is 4.79 Å². The highest BCUT2D eigenvalue weighted by Gasteiger charge is 2.19. The summed E-state index contributed by atoms with van der Waals surface area (Å²) in [5.74, 6) is 0.362. The molecule has 1 heterocycles. The Hall–Kier alpha value is -0.570. The molecule has 0 atom stereocenters. The van der Waals surface area contributed by atoms with Crippen LogP contribution >= 0.6 is 0 Å². The highest BCUT2D eigenvalue weighted by Crippen LogP contribution is 2.17. The zero-order valence-corrected chi connectivity index (χ0v) is 11.6. The fourth-order valence-corrected chi connectivity index (χ4v) is 3.18. The molecule has 0 bridgehead atoms. The van der Waals surface area contributed by atoms with Crippen LogP contribution in [0.3, 0.4) is 0 Å². The average Bonchev–Trinajstić information content (AvgIpc) is 2.72. The van der Waals surface area contributed by atoms with Crippen LogP contribution in [0, 0.1) is 0 Å². The minimum Gasteiger partial charge on any atom is -0.343 e. The van der Waals surface area contributed by atoms with E-state index in [0.717, 1.165) is 44.9 Å². The van der Waals surface area contributed by atoms with Crippen molar-refractivity contribution in [2.75, 3.05) is 19.6 Å². The molecule has 1 saturated carbocycles. The molecular weight excluding hydrogens is 224 g/mol. The van der Waals surface area contributed by atoms with Crippen molar-refractivity contribution in [3.63, 3.8) is 0 Å². The van der Waals surface area contributed by atoms with Gasteiger partial charge in [-0.2, -0.15) is 0 Å². The molecule has 0 aromatic carbocycles. The van der Waals surface area contributed by atoms with E-state index in [-0.39, 0.29) is 0 Å². The molecule has 0 unspecified atom stereocenters. The van der Waals surface area contributed by atoms with Gasteiger partial charge in [0, 0.05) is 25.6 Å². The van der Waals surface area contributed by atoms with Crippen molar-refractivity contribution in [1.82, 2.24) is 10.2 Å². The summed E-state index contributed by atoms with van der Waals surface area (Å²) in [6, 6.07) is 0.736. The second kappa shape index (κ2) is 7.78.